The predicted molar refractivity (Wildman–Crippen MR) is 198 cm³/mol. The van der Waals surface area contributed by atoms with E-state index in [0.29, 0.717) is 22.5 Å². The maximum atomic E-state index is 9.39. The van der Waals surface area contributed by atoms with E-state index < -0.39 is 30.2 Å². The zero-order valence-electron chi connectivity index (χ0n) is 31.9. The van der Waals surface area contributed by atoms with Gasteiger partial charge >= 0.3 is 0 Å². The number of hydrogen-bond acceptors (Lipinski definition) is 2. The van der Waals surface area contributed by atoms with E-state index in [1.165, 1.54) is 0 Å². The molecule has 3 heteroatoms. The van der Waals surface area contributed by atoms with Gasteiger partial charge in [0.15, 0.2) is 0 Å². The van der Waals surface area contributed by atoms with Gasteiger partial charge in [0.2, 0.25) is 0 Å². The molecular weight excluding hydrogens is 572 g/mol. The molecular formula is C44H28N2O. The molecule has 0 fully saturated rings. The van der Waals surface area contributed by atoms with Crippen LogP contribution in [0.1, 0.15) is 9.60 Å². The van der Waals surface area contributed by atoms with Crippen LogP contribution in [0.5, 0.6) is 0 Å². The standard InChI is InChI=1S/C44H28N2O/c1-3-14-33-29(11-1)13-9-20-38(33)46(41-21-10-22-42-43(41)37-28-23-30-12-2-4-15-34(30)44(37)47-42)32-26-24-31(25-27-32)45-39-18-7-5-16-35(39)36-17-6-8-19-40(36)45/h1-28H/i1D,3D,9D,11D,13D,14D,20D. The molecule has 220 valence electrons. The number of benzene rings is 8. The number of furan rings is 1. The first-order valence-corrected chi connectivity index (χ1v) is 15.5. The van der Waals surface area contributed by atoms with Crippen LogP contribution in [0.2, 0.25) is 0 Å². The lowest BCUT2D eigenvalue weighted by molar-refractivity contribution is 0.672. The molecule has 3 nitrogen and oxygen atoms in total. The molecule has 0 unspecified atom stereocenters. The first kappa shape index (κ1) is 19.9. The summed E-state index contributed by atoms with van der Waals surface area (Å²) in [6, 6.07) is 39.0. The van der Waals surface area contributed by atoms with Crippen molar-refractivity contribution >= 4 is 82.4 Å². The van der Waals surface area contributed by atoms with Crippen LogP contribution >= 0.6 is 0 Å². The van der Waals surface area contributed by atoms with Crippen LogP contribution in [0, 0.1) is 0 Å². The van der Waals surface area contributed by atoms with Gasteiger partial charge in [-0.05, 0) is 71.4 Å². The number of fused-ring (bicyclic) bond motifs is 9. The van der Waals surface area contributed by atoms with Gasteiger partial charge in [0.1, 0.15) is 11.2 Å². The molecule has 0 saturated carbocycles. The average molecular weight is 608 g/mol. The van der Waals surface area contributed by atoms with Crippen LogP contribution in [0.3, 0.4) is 0 Å². The molecule has 10 aromatic rings. The van der Waals surface area contributed by atoms with E-state index in [-0.39, 0.29) is 28.5 Å². The summed E-state index contributed by atoms with van der Waals surface area (Å²) in [7, 11) is 0. The Balaban J connectivity index is 1.31. The third kappa shape index (κ3) is 3.87. The van der Waals surface area contributed by atoms with Crippen molar-refractivity contribution in [3.63, 3.8) is 0 Å². The van der Waals surface area contributed by atoms with Gasteiger partial charge in [-0.25, -0.2) is 0 Å². The highest BCUT2D eigenvalue weighted by Crippen LogP contribution is 2.46. The predicted octanol–water partition coefficient (Wildman–Crippen LogP) is 12.5. The SMILES string of the molecule is [2H]c1c([2H])c([2H])c2c(N(c3ccc(-n4c5ccccc5c5ccccc54)cc3)c3cccc4oc5c6ccccc6ccc5c34)c([2H])c([2H])c([2H])c2c1[2H]. The lowest BCUT2D eigenvalue weighted by atomic mass is 10.0. The van der Waals surface area contributed by atoms with Crippen molar-refractivity contribution in [2.24, 2.45) is 0 Å². The van der Waals surface area contributed by atoms with E-state index in [4.69, 9.17) is 12.6 Å². The summed E-state index contributed by atoms with van der Waals surface area (Å²) in [4.78, 5) is 1.78. The van der Waals surface area contributed by atoms with E-state index in [1.54, 1.807) is 4.90 Å². The normalized spacial score (nSPS) is 13.9. The van der Waals surface area contributed by atoms with Crippen LogP contribution in [0.25, 0.3) is 71.0 Å². The van der Waals surface area contributed by atoms with Crippen molar-refractivity contribution in [1.82, 2.24) is 4.57 Å². The summed E-state index contributed by atoms with van der Waals surface area (Å²) < 4.78 is 70.9. The zero-order chi connectivity index (χ0) is 37.0. The third-order valence-corrected chi connectivity index (χ3v) is 9.07. The average Bonchev–Trinajstić information content (AvgIpc) is 3.76. The van der Waals surface area contributed by atoms with Crippen LogP contribution in [0.15, 0.2) is 174 Å². The van der Waals surface area contributed by atoms with Crippen molar-refractivity contribution in [3.8, 4) is 5.69 Å². The van der Waals surface area contributed by atoms with Gasteiger partial charge in [-0.2, -0.15) is 0 Å². The van der Waals surface area contributed by atoms with Gasteiger partial charge in [0.25, 0.3) is 0 Å². The minimum atomic E-state index is -0.499. The molecule has 10 rings (SSSR count). The number of nitrogens with zero attached hydrogens (tertiary/aromatic N) is 2. The zero-order valence-corrected chi connectivity index (χ0v) is 24.9. The first-order valence-electron chi connectivity index (χ1n) is 19.0. The first-order chi connectivity index (χ1) is 26.2. The molecule has 0 atom stereocenters. The Kier molecular flexibility index (Phi) is 4.28. The second-order valence-corrected chi connectivity index (χ2v) is 11.6. The molecule has 2 heterocycles. The Hall–Kier alpha value is -6.32. The lowest BCUT2D eigenvalue weighted by Gasteiger charge is -2.28. The maximum absolute atomic E-state index is 9.39. The van der Waals surface area contributed by atoms with Crippen LogP contribution in [-0.4, -0.2) is 4.57 Å². The van der Waals surface area contributed by atoms with Gasteiger partial charge in [-0.15, -0.1) is 0 Å². The number of hydrogen-bond donors (Lipinski definition) is 0. The van der Waals surface area contributed by atoms with E-state index >= 15 is 0 Å². The van der Waals surface area contributed by atoms with Crippen molar-refractivity contribution in [2.75, 3.05) is 4.90 Å². The third-order valence-electron chi connectivity index (χ3n) is 9.07. The molecule has 0 radical (unpaired) electrons. The summed E-state index contributed by atoms with van der Waals surface area (Å²) in [5.74, 6) is 0. The maximum Gasteiger partial charge on any atom is 0.143 e. The largest absolute Gasteiger partial charge is 0.455 e. The summed E-state index contributed by atoms with van der Waals surface area (Å²) in [6.45, 7) is 0. The lowest BCUT2D eigenvalue weighted by Crippen LogP contribution is -2.11. The Morgan fingerprint density at radius 1 is 0.489 bits per heavy atom. The summed E-state index contributed by atoms with van der Waals surface area (Å²) >= 11 is 0. The number of para-hydroxylation sites is 2. The molecule has 0 bridgehead atoms. The highest BCUT2D eigenvalue weighted by atomic mass is 16.3. The Bertz CT molecular complexity index is 3140. The van der Waals surface area contributed by atoms with Crippen LogP contribution in [0.4, 0.5) is 17.1 Å². The Labute approximate surface area is 281 Å². The van der Waals surface area contributed by atoms with Gasteiger partial charge in [-0.3, -0.25) is 0 Å². The summed E-state index contributed by atoms with van der Waals surface area (Å²) in [6.07, 6.45) is 0. The highest BCUT2D eigenvalue weighted by Gasteiger charge is 2.22. The van der Waals surface area contributed by atoms with E-state index in [9.17, 15) is 1.37 Å². The number of rotatable bonds is 4. The minimum Gasteiger partial charge on any atom is -0.455 e. The molecule has 0 N–H and O–H groups in total. The van der Waals surface area contributed by atoms with Gasteiger partial charge in [0, 0.05) is 38.3 Å². The monoisotopic (exact) mass is 607 g/mol. The van der Waals surface area contributed by atoms with Crippen LogP contribution < -0.4 is 4.90 Å². The molecule has 8 aromatic carbocycles. The van der Waals surface area contributed by atoms with Gasteiger partial charge in [-0.1, -0.05) is 109 Å². The van der Waals surface area contributed by atoms with Gasteiger partial charge < -0.3 is 13.9 Å². The van der Waals surface area contributed by atoms with Crippen molar-refractivity contribution in [1.29, 1.82) is 0 Å². The van der Waals surface area contributed by atoms with E-state index in [2.05, 4.69) is 28.8 Å². The van der Waals surface area contributed by atoms with Gasteiger partial charge in [0.05, 0.1) is 37.4 Å². The van der Waals surface area contributed by atoms with E-state index in [0.717, 1.165) is 49.0 Å². The molecule has 0 amide bonds. The van der Waals surface area contributed by atoms with Crippen molar-refractivity contribution in [2.45, 2.75) is 0 Å². The van der Waals surface area contributed by atoms with Crippen molar-refractivity contribution in [3.05, 3.63) is 170 Å². The second-order valence-electron chi connectivity index (χ2n) is 11.6. The fraction of sp³-hybridized carbons (Fsp3) is 0. The molecule has 0 spiro atoms. The second kappa shape index (κ2) is 10.1. The van der Waals surface area contributed by atoms with Crippen molar-refractivity contribution < 1.29 is 14.0 Å². The number of aromatic nitrogens is 1. The topological polar surface area (TPSA) is 21.3 Å². The number of anilines is 3. The quantitative estimate of drug-likeness (QED) is 0.198. The minimum absolute atomic E-state index is 0.00581. The highest BCUT2D eigenvalue weighted by molar-refractivity contribution is 6.20. The Morgan fingerprint density at radius 3 is 2.00 bits per heavy atom. The molecule has 0 aliphatic heterocycles. The van der Waals surface area contributed by atoms with E-state index in [1.807, 2.05) is 103 Å². The Morgan fingerprint density at radius 2 is 1.19 bits per heavy atom. The van der Waals surface area contributed by atoms with Crippen LogP contribution in [-0.2, 0) is 0 Å². The molecule has 0 aliphatic rings. The molecule has 0 aliphatic carbocycles. The summed E-state index contributed by atoms with van der Waals surface area (Å²) in [5.41, 5.74) is 5.52. The smallest absolute Gasteiger partial charge is 0.143 e. The fourth-order valence-electron chi connectivity index (χ4n) is 7.03. The molecule has 47 heavy (non-hydrogen) atoms. The fourth-order valence-corrected chi connectivity index (χ4v) is 7.03. The molecule has 2 aromatic heterocycles. The molecule has 0 saturated heterocycles. The summed E-state index contributed by atoms with van der Waals surface area (Å²) in [5, 5.41) is 5.65.